The highest BCUT2D eigenvalue weighted by Crippen LogP contribution is 2.07. The molecule has 0 fully saturated rings. The van der Waals surface area contributed by atoms with Gasteiger partial charge in [-0.15, -0.1) is 11.3 Å². The first kappa shape index (κ1) is 12.6. The minimum Gasteiger partial charge on any atom is -0.468 e. The van der Waals surface area contributed by atoms with Gasteiger partial charge in [0.25, 0.3) is 0 Å². The zero-order chi connectivity index (χ0) is 11.3. The molecule has 0 bridgehead atoms. The van der Waals surface area contributed by atoms with Crippen LogP contribution in [0.25, 0.3) is 0 Å². The normalized spacial score (nSPS) is 12.5. The number of alkyl halides is 1. The van der Waals surface area contributed by atoms with Gasteiger partial charge < -0.3 is 10.1 Å². The molecule has 0 radical (unpaired) electrons. The van der Waals surface area contributed by atoms with Gasteiger partial charge in [-0.25, -0.2) is 4.98 Å². The molecular formula is C9H13BrN2O2S. The van der Waals surface area contributed by atoms with Crippen LogP contribution in [-0.4, -0.2) is 29.4 Å². The first-order valence-electron chi connectivity index (χ1n) is 4.47. The monoisotopic (exact) mass is 292 g/mol. The second kappa shape index (κ2) is 6.19. The Kier molecular flexibility index (Phi) is 5.21. The third kappa shape index (κ3) is 4.27. The number of ether oxygens (including phenoxy) is 1. The van der Waals surface area contributed by atoms with Crippen molar-refractivity contribution in [2.24, 2.45) is 0 Å². The van der Waals surface area contributed by atoms with Gasteiger partial charge in [0.05, 0.1) is 17.8 Å². The topological polar surface area (TPSA) is 51.2 Å². The fraction of sp³-hybridized carbons (Fsp3) is 0.556. The van der Waals surface area contributed by atoms with E-state index in [2.05, 4.69) is 31.0 Å². The molecule has 0 aliphatic rings. The van der Waals surface area contributed by atoms with E-state index in [1.807, 2.05) is 12.3 Å². The molecule has 1 aromatic heterocycles. The van der Waals surface area contributed by atoms with Crippen molar-refractivity contribution < 1.29 is 9.53 Å². The number of nitrogens with zero attached hydrogens (tertiary/aromatic N) is 1. The average molecular weight is 293 g/mol. The molecule has 1 heterocycles. The Bertz CT molecular complexity index is 330. The van der Waals surface area contributed by atoms with Gasteiger partial charge >= 0.3 is 5.97 Å². The number of aryl methyl sites for hydroxylation is 1. The lowest BCUT2D eigenvalue weighted by molar-refractivity contribution is -0.139. The van der Waals surface area contributed by atoms with Crippen LogP contribution in [0.15, 0.2) is 5.38 Å². The molecule has 1 unspecified atom stereocenters. The van der Waals surface area contributed by atoms with Crippen LogP contribution in [-0.2, 0) is 16.1 Å². The Morgan fingerprint density at radius 3 is 3.07 bits per heavy atom. The number of aromatic nitrogens is 1. The third-order valence-corrected chi connectivity index (χ3v) is 3.27. The summed E-state index contributed by atoms with van der Waals surface area (Å²) < 4.78 is 4.58. The van der Waals surface area contributed by atoms with E-state index < -0.39 is 0 Å². The number of esters is 1. The van der Waals surface area contributed by atoms with Crippen LogP contribution < -0.4 is 5.32 Å². The second-order valence-electron chi connectivity index (χ2n) is 2.98. The Morgan fingerprint density at radius 2 is 2.53 bits per heavy atom. The van der Waals surface area contributed by atoms with Gasteiger partial charge in [-0.3, -0.25) is 4.79 Å². The van der Waals surface area contributed by atoms with Gasteiger partial charge in [0.2, 0.25) is 0 Å². The van der Waals surface area contributed by atoms with E-state index in [0.29, 0.717) is 13.1 Å². The molecule has 1 aromatic rings. The standard InChI is InChI=1S/C9H13BrN2O2S/c1-6-12-7(5-15-6)3-11-4-8(10)9(13)14-2/h5,8,11H,3-4H2,1-2H3. The molecule has 0 aromatic carbocycles. The summed E-state index contributed by atoms with van der Waals surface area (Å²) in [6, 6.07) is 0. The Hall–Kier alpha value is -0.460. The lowest BCUT2D eigenvalue weighted by Gasteiger charge is -2.07. The van der Waals surface area contributed by atoms with E-state index in [-0.39, 0.29) is 10.8 Å². The molecule has 84 valence electrons. The number of methoxy groups -OCH3 is 1. The fourth-order valence-electron chi connectivity index (χ4n) is 1.03. The maximum atomic E-state index is 11.0. The summed E-state index contributed by atoms with van der Waals surface area (Å²) in [5.41, 5.74) is 1.00. The van der Waals surface area contributed by atoms with E-state index in [1.54, 1.807) is 11.3 Å². The van der Waals surface area contributed by atoms with Crippen LogP contribution in [0, 0.1) is 6.92 Å². The predicted octanol–water partition coefficient (Wildman–Crippen LogP) is 1.48. The van der Waals surface area contributed by atoms with Crippen molar-refractivity contribution in [2.45, 2.75) is 18.3 Å². The van der Waals surface area contributed by atoms with Gasteiger partial charge in [-0.2, -0.15) is 0 Å². The number of carbonyl (C=O) groups is 1. The largest absolute Gasteiger partial charge is 0.468 e. The van der Waals surface area contributed by atoms with Crippen molar-refractivity contribution >= 4 is 33.2 Å². The summed E-state index contributed by atoms with van der Waals surface area (Å²) in [4.78, 5) is 15.0. The number of carbonyl (C=O) groups excluding carboxylic acids is 1. The number of rotatable bonds is 5. The number of halogens is 1. The molecular weight excluding hydrogens is 280 g/mol. The minimum atomic E-state index is -0.303. The van der Waals surface area contributed by atoms with Crippen LogP contribution in [0.4, 0.5) is 0 Å². The van der Waals surface area contributed by atoms with Crippen molar-refractivity contribution in [1.29, 1.82) is 0 Å². The van der Waals surface area contributed by atoms with E-state index in [4.69, 9.17) is 0 Å². The van der Waals surface area contributed by atoms with Crippen molar-refractivity contribution in [3.05, 3.63) is 16.1 Å². The summed E-state index contributed by atoms with van der Waals surface area (Å²) in [6.07, 6.45) is 0. The Labute approximate surface area is 101 Å². The molecule has 6 heteroatoms. The maximum absolute atomic E-state index is 11.0. The first-order chi connectivity index (χ1) is 7.13. The summed E-state index contributed by atoms with van der Waals surface area (Å²) in [5.74, 6) is -0.267. The van der Waals surface area contributed by atoms with Gasteiger partial charge in [0.1, 0.15) is 4.83 Å². The number of hydrogen-bond acceptors (Lipinski definition) is 5. The molecule has 0 spiro atoms. The highest BCUT2D eigenvalue weighted by Gasteiger charge is 2.14. The maximum Gasteiger partial charge on any atom is 0.320 e. The smallest absolute Gasteiger partial charge is 0.320 e. The van der Waals surface area contributed by atoms with Crippen LogP contribution in [0.1, 0.15) is 10.7 Å². The number of hydrogen-bond donors (Lipinski definition) is 1. The highest BCUT2D eigenvalue weighted by atomic mass is 79.9. The van der Waals surface area contributed by atoms with Crippen LogP contribution in [0.3, 0.4) is 0 Å². The molecule has 0 aliphatic heterocycles. The van der Waals surface area contributed by atoms with E-state index in [9.17, 15) is 4.79 Å². The van der Waals surface area contributed by atoms with E-state index in [1.165, 1.54) is 7.11 Å². The minimum absolute atomic E-state index is 0.267. The van der Waals surface area contributed by atoms with Crippen LogP contribution in [0.2, 0.25) is 0 Å². The third-order valence-electron chi connectivity index (χ3n) is 1.75. The van der Waals surface area contributed by atoms with Gasteiger partial charge in [-0.1, -0.05) is 15.9 Å². The van der Waals surface area contributed by atoms with Crippen molar-refractivity contribution in [1.82, 2.24) is 10.3 Å². The number of thiazole rings is 1. The summed E-state index contributed by atoms with van der Waals surface area (Å²) in [7, 11) is 1.38. The molecule has 0 aliphatic carbocycles. The Balaban J connectivity index is 2.24. The van der Waals surface area contributed by atoms with Gasteiger partial charge in [-0.05, 0) is 6.92 Å². The van der Waals surface area contributed by atoms with Crippen molar-refractivity contribution in [2.75, 3.05) is 13.7 Å². The fourth-order valence-corrected chi connectivity index (χ4v) is 2.06. The van der Waals surface area contributed by atoms with Gasteiger partial charge in [0, 0.05) is 18.5 Å². The first-order valence-corrected chi connectivity index (χ1v) is 6.26. The summed E-state index contributed by atoms with van der Waals surface area (Å²) in [5, 5.41) is 6.18. The molecule has 0 saturated carbocycles. The van der Waals surface area contributed by atoms with E-state index >= 15 is 0 Å². The van der Waals surface area contributed by atoms with Crippen LogP contribution >= 0.6 is 27.3 Å². The second-order valence-corrected chi connectivity index (χ2v) is 5.15. The molecule has 1 rings (SSSR count). The predicted molar refractivity (Wildman–Crippen MR) is 63.3 cm³/mol. The van der Waals surface area contributed by atoms with E-state index in [0.717, 1.165) is 10.7 Å². The molecule has 15 heavy (non-hydrogen) atoms. The lowest BCUT2D eigenvalue weighted by Crippen LogP contribution is -2.29. The SMILES string of the molecule is COC(=O)C(Br)CNCc1csc(C)n1. The zero-order valence-corrected chi connectivity index (χ0v) is 11.0. The van der Waals surface area contributed by atoms with Gasteiger partial charge in [0.15, 0.2) is 0 Å². The van der Waals surface area contributed by atoms with Crippen molar-refractivity contribution in [3.8, 4) is 0 Å². The summed E-state index contributed by atoms with van der Waals surface area (Å²) in [6.45, 7) is 3.17. The molecule has 0 saturated heterocycles. The highest BCUT2D eigenvalue weighted by molar-refractivity contribution is 9.10. The molecule has 1 atom stereocenters. The zero-order valence-electron chi connectivity index (χ0n) is 8.62. The summed E-state index contributed by atoms with van der Waals surface area (Å²) >= 11 is 4.85. The van der Waals surface area contributed by atoms with Crippen LogP contribution in [0.5, 0.6) is 0 Å². The Morgan fingerprint density at radius 1 is 1.80 bits per heavy atom. The molecule has 4 nitrogen and oxygen atoms in total. The molecule has 1 N–H and O–H groups in total. The number of nitrogens with one attached hydrogen (secondary N) is 1. The molecule has 0 amide bonds. The average Bonchev–Trinajstić information content (AvgIpc) is 2.63. The lowest BCUT2D eigenvalue weighted by atomic mass is 10.4. The van der Waals surface area contributed by atoms with Crippen molar-refractivity contribution in [3.63, 3.8) is 0 Å². The quantitative estimate of drug-likeness (QED) is 0.660.